The fourth-order valence-electron chi connectivity index (χ4n) is 1.83. The van der Waals surface area contributed by atoms with Crippen molar-refractivity contribution in [3.05, 3.63) is 18.0 Å². The van der Waals surface area contributed by atoms with E-state index < -0.39 is 0 Å². The van der Waals surface area contributed by atoms with Crippen molar-refractivity contribution in [2.24, 2.45) is 0 Å². The number of ether oxygens (including phenoxy) is 1. The van der Waals surface area contributed by atoms with Gasteiger partial charge in [0, 0.05) is 44.1 Å². The van der Waals surface area contributed by atoms with Crippen molar-refractivity contribution >= 4 is 0 Å². The Kier molecular flexibility index (Phi) is 3.75. The molecule has 0 unspecified atom stereocenters. The van der Waals surface area contributed by atoms with Gasteiger partial charge in [-0.15, -0.1) is 0 Å². The van der Waals surface area contributed by atoms with E-state index in [-0.39, 0.29) is 0 Å². The minimum atomic E-state index is 0.615. The van der Waals surface area contributed by atoms with Crippen molar-refractivity contribution in [3.63, 3.8) is 0 Å². The molecule has 1 aromatic rings. The first kappa shape index (κ1) is 10.6. The topological polar surface area (TPSA) is 39.1 Å². The zero-order chi connectivity index (χ0) is 10.5. The van der Waals surface area contributed by atoms with Crippen molar-refractivity contribution < 1.29 is 4.74 Å². The summed E-state index contributed by atoms with van der Waals surface area (Å²) in [4.78, 5) is 0. The fourth-order valence-corrected chi connectivity index (χ4v) is 1.83. The number of nitrogens with one attached hydrogen (secondary N) is 1. The first-order valence-electron chi connectivity index (χ1n) is 5.71. The molecule has 84 valence electrons. The van der Waals surface area contributed by atoms with Gasteiger partial charge < -0.3 is 10.1 Å². The summed E-state index contributed by atoms with van der Waals surface area (Å²) < 4.78 is 7.28. The molecule has 1 aliphatic heterocycles. The van der Waals surface area contributed by atoms with E-state index in [9.17, 15) is 0 Å². The molecule has 0 amide bonds. The van der Waals surface area contributed by atoms with Gasteiger partial charge in [0.25, 0.3) is 0 Å². The number of aryl methyl sites for hydroxylation is 1. The summed E-state index contributed by atoms with van der Waals surface area (Å²) in [7, 11) is 0. The molecule has 0 aliphatic carbocycles. The Hall–Kier alpha value is -0.870. The summed E-state index contributed by atoms with van der Waals surface area (Å²) in [5.74, 6) is 0. The van der Waals surface area contributed by atoms with Crippen molar-refractivity contribution in [2.75, 3.05) is 13.2 Å². The van der Waals surface area contributed by atoms with Crippen LogP contribution in [0.25, 0.3) is 0 Å². The van der Waals surface area contributed by atoms with E-state index in [0.717, 1.165) is 39.1 Å². The predicted octanol–water partition coefficient (Wildman–Crippen LogP) is 1.17. The Morgan fingerprint density at radius 1 is 1.53 bits per heavy atom. The van der Waals surface area contributed by atoms with Gasteiger partial charge in [0.1, 0.15) is 0 Å². The number of hydrogen-bond donors (Lipinski definition) is 1. The lowest BCUT2D eigenvalue weighted by Crippen LogP contribution is -2.34. The van der Waals surface area contributed by atoms with Crippen LogP contribution in [-0.4, -0.2) is 29.0 Å². The molecule has 0 atom stereocenters. The van der Waals surface area contributed by atoms with Crippen molar-refractivity contribution in [3.8, 4) is 0 Å². The van der Waals surface area contributed by atoms with Crippen LogP contribution in [-0.2, 0) is 17.8 Å². The molecular weight excluding hydrogens is 190 g/mol. The number of aromatic nitrogens is 2. The molecule has 1 fully saturated rings. The maximum absolute atomic E-state index is 5.32. The van der Waals surface area contributed by atoms with E-state index in [2.05, 4.69) is 23.5 Å². The van der Waals surface area contributed by atoms with Crippen LogP contribution in [0.2, 0.25) is 0 Å². The molecule has 15 heavy (non-hydrogen) atoms. The molecule has 1 saturated heterocycles. The quantitative estimate of drug-likeness (QED) is 0.809. The monoisotopic (exact) mass is 209 g/mol. The molecule has 4 heteroatoms. The molecule has 2 heterocycles. The van der Waals surface area contributed by atoms with Crippen molar-refractivity contribution in [2.45, 2.75) is 38.9 Å². The van der Waals surface area contributed by atoms with Gasteiger partial charge in [0.2, 0.25) is 0 Å². The molecule has 0 spiro atoms. The van der Waals surface area contributed by atoms with Gasteiger partial charge >= 0.3 is 0 Å². The van der Waals surface area contributed by atoms with Crippen molar-refractivity contribution in [1.29, 1.82) is 0 Å². The van der Waals surface area contributed by atoms with Crippen LogP contribution in [0.15, 0.2) is 12.4 Å². The van der Waals surface area contributed by atoms with E-state index in [1.54, 1.807) is 0 Å². The Balaban J connectivity index is 1.76. The third kappa shape index (κ3) is 3.04. The second kappa shape index (κ2) is 5.28. The average molecular weight is 209 g/mol. The van der Waals surface area contributed by atoms with E-state index in [0.29, 0.717) is 6.04 Å². The first-order chi connectivity index (χ1) is 7.38. The molecule has 1 N–H and O–H groups in total. The van der Waals surface area contributed by atoms with Gasteiger partial charge in [-0.1, -0.05) is 0 Å². The van der Waals surface area contributed by atoms with Crippen LogP contribution < -0.4 is 5.32 Å². The van der Waals surface area contributed by atoms with E-state index in [4.69, 9.17) is 4.74 Å². The second-order valence-electron chi connectivity index (χ2n) is 3.97. The van der Waals surface area contributed by atoms with Gasteiger partial charge in [-0.3, -0.25) is 4.68 Å². The lowest BCUT2D eigenvalue weighted by Gasteiger charge is -2.22. The summed E-state index contributed by atoms with van der Waals surface area (Å²) in [6, 6.07) is 0.615. The lowest BCUT2D eigenvalue weighted by molar-refractivity contribution is 0.0776. The smallest absolute Gasteiger partial charge is 0.0534 e. The van der Waals surface area contributed by atoms with Crippen LogP contribution in [0.5, 0.6) is 0 Å². The zero-order valence-corrected chi connectivity index (χ0v) is 9.28. The molecule has 2 rings (SSSR count). The summed E-state index contributed by atoms with van der Waals surface area (Å²) in [5, 5.41) is 7.79. The van der Waals surface area contributed by atoms with Crippen LogP contribution >= 0.6 is 0 Å². The lowest BCUT2D eigenvalue weighted by atomic mass is 10.1. The maximum Gasteiger partial charge on any atom is 0.0534 e. The molecular formula is C11H19N3O. The highest BCUT2D eigenvalue weighted by Crippen LogP contribution is 2.07. The van der Waals surface area contributed by atoms with Crippen molar-refractivity contribution in [1.82, 2.24) is 15.1 Å². The SMILES string of the molecule is CCn1cc(CNC2CCOCC2)cn1. The molecule has 0 aromatic carbocycles. The third-order valence-electron chi connectivity index (χ3n) is 2.83. The summed E-state index contributed by atoms with van der Waals surface area (Å²) in [6.45, 7) is 5.75. The molecule has 0 bridgehead atoms. The van der Waals surface area contributed by atoms with Crippen LogP contribution in [0.4, 0.5) is 0 Å². The highest BCUT2D eigenvalue weighted by atomic mass is 16.5. The second-order valence-corrected chi connectivity index (χ2v) is 3.97. The Morgan fingerprint density at radius 3 is 3.00 bits per heavy atom. The minimum Gasteiger partial charge on any atom is -0.381 e. The fraction of sp³-hybridized carbons (Fsp3) is 0.727. The number of rotatable bonds is 4. The Bertz CT molecular complexity index is 292. The third-order valence-corrected chi connectivity index (χ3v) is 2.83. The normalized spacial score (nSPS) is 18.2. The molecule has 1 aliphatic rings. The summed E-state index contributed by atoms with van der Waals surface area (Å²) in [5.41, 5.74) is 1.27. The van der Waals surface area contributed by atoms with Gasteiger partial charge in [-0.05, 0) is 19.8 Å². The van der Waals surface area contributed by atoms with E-state index in [1.165, 1.54) is 5.56 Å². The highest BCUT2D eigenvalue weighted by molar-refractivity contribution is 5.03. The van der Waals surface area contributed by atoms with E-state index >= 15 is 0 Å². The van der Waals surface area contributed by atoms with E-state index in [1.807, 2.05) is 10.9 Å². The van der Waals surface area contributed by atoms with Gasteiger partial charge in [-0.25, -0.2) is 0 Å². The average Bonchev–Trinajstić information content (AvgIpc) is 2.76. The molecule has 4 nitrogen and oxygen atoms in total. The Labute approximate surface area is 90.6 Å². The largest absolute Gasteiger partial charge is 0.381 e. The van der Waals surface area contributed by atoms with Crippen LogP contribution in [0, 0.1) is 0 Å². The number of hydrogen-bond acceptors (Lipinski definition) is 3. The summed E-state index contributed by atoms with van der Waals surface area (Å²) >= 11 is 0. The van der Waals surface area contributed by atoms with Crippen LogP contribution in [0.1, 0.15) is 25.3 Å². The molecule has 0 saturated carbocycles. The molecule has 0 radical (unpaired) electrons. The zero-order valence-electron chi connectivity index (χ0n) is 9.28. The van der Waals surface area contributed by atoms with Gasteiger partial charge in [0.15, 0.2) is 0 Å². The van der Waals surface area contributed by atoms with Gasteiger partial charge in [-0.2, -0.15) is 5.10 Å². The van der Waals surface area contributed by atoms with Crippen LogP contribution in [0.3, 0.4) is 0 Å². The predicted molar refractivity (Wildman–Crippen MR) is 58.6 cm³/mol. The van der Waals surface area contributed by atoms with Gasteiger partial charge in [0.05, 0.1) is 6.20 Å². The standard InChI is InChI=1S/C11H19N3O/c1-2-14-9-10(8-13-14)7-12-11-3-5-15-6-4-11/h8-9,11-12H,2-7H2,1H3. The number of nitrogens with zero attached hydrogens (tertiary/aromatic N) is 2. The highest BCUT2D eigenvalue weighted by Gasteiger charge is 2.12. The summed E-state index contributed by atoms with van der Waals surface area (Å²) in [6.07, 6.45) is 6.30. The maximum atomic E-state index is 5.32. The first-order valence-corrected chi connectivity index (χ1v) is 5.71. The Morgan fingerprint density at radius 2 is 2.33 bits per heavy atom. The molecule has 1 aromatic heterocycles. The minimum absolute atomic E-state index is 0.615.